The van der Waals surface area contributed by atoms with Gasteiger partial charge in [0.1, 0.15) is 0 Å². The van der Waals surface area contributed by atoms with Gasteiger partial charge in [0.2, 0.25) is 4.96 Å². The number of hydrogen-bond acceptors (Lipinski definition) is 7. The number of amides is 1. The molecule has 0 aliphatic rings. The van der Waals surface area contributed by atoms with E-state index in [9.17, 15) is 9.59 Å². The molecule has 0 aliphatic heterocycles. The van der Waals surface area contributed by atoms with Crippen molar-refractivity contribution < 1.29 is 19.1 Å². The van der Waals surface area contributed by atoms with Crippen LogP contribution in [-0.4, -0.2) is 33.6 Å². The number of fused-ring (bicyclic) bond motifs is 1. The number of nitrogens with one attached hydrogen (secondary N) is 1. The highest BCUT2D eigenvalue weighted by Crippen LogP contribution is 2.28. The minimum absolute atomic E-state index is 0.252. The number of aromatic nitrogens is 3. The maximum atomic E-state index is 12.1. The molecule has 27 heavy (non-hydrogen) atoms. The number of nitrogens with zero attached hydrogens (tertiary/aromatic N) is 3. The Morgan fingerprint density at radius 2 is 2.04 bits per heavy atom. The number of aryl methyl sites for hydroxylation is 2. The van der Waals surface area contributed by atoms with Crippen LogP contribution in [0.15, 0.2) is 24.3 Å². The van der Waals surface area contributed by atoms with Crippen LogP contribution in [0.25, 0.3) is 11.0 Å². The van der Waals surface area contributed by atoms with Crippen molar-refractivity contribution in [2.45, 2.75) is 20.8 Å². The van der Waals surface area contributed by atoms with Gasteiger partial charge in [-0.15, -0.1) is 5.10 Å². The van der Waals surface area contributed by atoms with E-state index in [-0.39, 0.29) is 11.9 Å². The summed E-state index contributed by atoms with van der Waals surface area (Å²) in [6.07, 6.45) is 2.98. The minimum Gasteiger partial charge on any atom is -0.493 e. The molecule has 0 aliphatic carbocycles. The third-order valence-electron chi connectivity index (χ3n) is 3.75. The highest BCUT2D eigenvalue weighted by Gasteiger charge is 2.12. The van der Waals surface area contributed by atoms with E-state index in [1.807, 2.05) is 13.8 Å². The average Bonchev–Trinajstić information content (AvgIpc) is 3.12. The number of rotatable bonds is 5. The van der Waals surface area contributed by atoms with Crippen molar-refractivity contribution in [2.75, 3.05) is 12.4 Å². The Morgan fingerprint density at radius 1 is 1.26 bits per heavy atom. The van der Waals surface area contributed by atoms with Crippen LogP contribution in [0.4, 0.5) is 5.95 Å². The van der Waals surface area contributed by atoms with Gasteiger partial charge >= 0.3 is 5.97 Å². The van der Waals surface area contributed by atoms with Crippen molar-refractivity contribution in [3.63, 3.8) is 0 Å². The van der Waals surface area contributed by atoms with Crippen LogP contribution in [0.5, 0.6) is 11.5 Å². The number of esters is 1. The van der Waals surface area contributed by atoms with E-state index in [1.54, 1.807) is 28.8 Å². The zero-order chi connectivity index (χ0) is 19.6. The third kappa shape index (κ3) is 4.14. The topological polar surface area (TPSA) is 94.8 Å². The number of thiazole rings is 1. The lowest BCUT2D eigenvalue weighted by Gasteiger charge is -2.08. The summed E-state index contributed by atoms with van der Waals surface area (Å²) in [6, 6.07) is 4.98. The highest BCUT2D eigenvalue weighted by molar-refractivity contribution is 7.17. The first kappa shape index (κ1) is 18.6. The number of ether oxygens (including phenoxy) is 2. The van der Waals surface area contributed by atoms with E-state index in [1.165, 1.54) is 31.4 Å². The van der Waals surface area contributed by atoms with Crippen LogP contribution >= 0.6 is 11.3 Å². The predicted molar refractivity (Wildman–Crippen MR) is 102 cm³/mol. The number of hydrogen-bond donors (Lipinski definition) is 1. The molecule has 0 atom stereocenters. The second-order valence-electron chi connectivity index (χ2n) is 5.70. The number of benzene rings is 1. The normalized spacial score (nSPS) is 11.1. The molecule has 8 nitrogen and oxygen atoms in total. The van der Waals surface area contributed by atoms with E-state index in [2.05, 4.69) is 15.4 Å². The summed E-state index contributed by atoms with van der Waals surface area (Å²) in [5.41, 5.74) is 1.71. The first-order valence-corrected chi connectivity index (χ1v) is 8.87. The van der Waals surface area contributed by atoms with Gasteiger partial charge in [-0.25, -0.2) is 4.52 Å². The molecule has 2 heterocycles. The van der Waals surface area contributed by atoms with Gasteiger partial charge in [-0.2, -0.15) is 4.98 Å². The Kier molecular flexibility index (Phi) is 5.22. The molecule has 2 aromatic heterocycles. The molecule has 1 aromatic carbocycles. The second-order valence-corrected chi connectivity index (χ2v) is 6.88. The quantitative estimate of drug-likeness (QED) is 0.411. The number of methoxy groups -OCH3 is 1. The van der Waals surface area contributed by atoms with Gasteiger partial charge < -0.3 is 9.47 Å². The Morgan fingerprint density at radius 3 is 2.70 bits per heavy atom. The van der Waals surface area contributed by atoms with E-state index in [4.69, 9.17) is 9.47 Å². The fourth-order valence-electron chi connectivity index (χ4n) is 2.35. The van der Waals surface area contributed by atoms with Gasteiger partial charge in [0.05, 0.1) is 12.8 Å². The summed E-state index contributed by atoms with van der Waals surface area (Å²) >= 11 is 1.52. The molecule has 3 aromatic rings. The van der Waals surface area contributed by atoms with Crippen molar-refractivity contribution >= 4 is 40.2 Å². The van der Waals surface area contributed by atoms with E-state index < -0.39 is 5.97 Å². The van der Waals surface area contributed by atoms with E-state index >= 15 is 0 Å². The number of carbonyl (C=O) groups excluding carboxylic acids is 2. The van der Waals surface area contributed by atoms with Crippen LogP contribution in [0.2, 0.25) is 0 Å². The molecule has 0 fully saturated rings. The first-order valence-electron chi connectivity index (χ1n) is 8.05. The van der Waals surface area contributed by atoms with Crippen LogP contribution < -0.4 is 14.8 Å². The maximum absolute atomic E-state index is 12.1. The Hall–Kier alpha value is -3.20. The summed E-state index contributed by atoms with van der Waals surface area (Å²) < 4.78 is 12.0. The molecule has 9 heteroatoms. The predicted octanol–water partition coefficient (Wildman–Crippen LogP) is 2.99. The first-order chi connectivity index (χ1) is 12.9. The maximum Gasteiger partial charge on any atom is 0.308 e. The highest BCUT2D eigenvalue weighted by atomic mass is 32.1. The molecule has 0 radical (unpaired) electrons. The molecule has 0 saturated carbocycles. The van der Waals surface area contributed by atoms with Gasteiger partial charge in [-0.1, -0.05) is 17.4 Å². The lowest BCUT2D eigenvalue weighted by atomic mass is 10.2. The van der Waals surface area contributed by atoms with Crippen LogP contribution in [0.1, 0.15) is 23.1 Å². The van der Waals surface area contributed by atoms with Crippen LogP contribution in [0, 0.1) is 13.8 Å². The molecular weight excluding hydrogens is 368 g/mol. The van der Waals surface area contributed by atoms with Crippen molar-refractivity contribution in [2.24, 2.45) is 0 Å². The zero-order valence-electron chi connectivity index (χ0n) is 15.3. The smallest absolute Gasteiger partial charge is 0.308 e. The molecule has 1 N–H and O–H groups in total. The van der Waals surface area contributed by atoms with Crippen molar-refractivity contribution in [3.05, 3.63) is 40.4 Å². The molecule has 1 amide bonds. The molecule has 0 unspecified atom stereocenters. The fourth-order valence-corrected chi connectivity index (χ4v) is 3.25. The zero-order valence-corrected chi connectivity index (χ0v) is 16.1. The van der Waals surface area contributed by atoms with E-state index in [0.29, 0.717) is 17.1 Å². The molecule has 0 saturated heterocycles. The van der Waals surface area contributed by atoms with Crippen LogP contribution in [0.3, 0.4) is 0 Å². The minimum atomic E-state index is -0.436. The summed E-state index contributed by atoms with van der Waals surface area (Å²) in [7, 11) is 1.47. The summed E-state index contributed by atoms with van der Waals surface area (Å²) in [5.74, 6) is 0.176. The summed E-state index contributed by atoms with van der Waals surface area (Å²) in [6.45, 7) is 5.26. The Bertz CT molecular complexity index is 1050. The second kappa shape index (κ2) is 7.58. The van der Waals surface area contributed by atoms with Crippen LogP contribution in [-0.2, 0) is 9.59 Å². The van der Waals surface area contributed by atoms with Crippen molar-refractivity contribution in [3.8, 4) is 11.5 Å². The SMILES string of the molecule is COc1cc(/C=C/C(=O)Nc2nc3sc(C)c(C)n3n2)ccc1OC(C)=O. The summed E-state index contributed by atoms with van der Waals surface area (Å²) in [4.78, 5) is 29.4. The van der Waals surface area contributed by atoms with Gasteiger partial charge in [-0.05, 0) is 37.6 Å². The lowest BCUT2D eigenvalue weighted by Crippen LogP contribution is -2.09. The standard InChI is InChI=1S/C18H18N4O4S/c1-10-11(2)27-18-20-17(21-22(10)18)19-16(24)8-6-13-5-7-14(26-12(3)23)15(9-13)25-4/h5-9H,1-4H3,(H,19,21,24)/b8-6+. The number of carbonyl (C=O) groups is 2. The van der Waals surface area contributed by atoms with E-state index in [0.717, 1.165) is 15.5 Å². The Balaban J connectivity index is 1.70. The third-order valence-corrected chi connectivity index (χ3v) is 4.80. The molecule has 0 spiro atoms. The number of anilines is 1. The van der Waals surface area contributed by atoms with Crippen molar-refractivity contribution in [1.29, 1.82) is 0 Å². The largest absolute Gasteiger partial charge is 0.493 e. The molecule has 0 bridgehead atoms. The monoisotopic (exact) mass is 386 g/mol. The van der Waals surface area contributed by atoms with Gasteiger partial charge in [0.15, 0.2) is 11.5 Å². The molecule has 3 rings (SSSR count). The molecular formula is C18H18N4O4S. The average molecular weight is 386 g/mol. The molecule has 140 valence electrons. The van der Waals surface area contributed by atoms with Gasteiger partial charge in [-0.3, -0.25) is 14.9 Å². The summed E-state index contributed by atoms with van der Waals surface area (Å²) in [5, 5.41) is 6.91. The lowest BCUT2D eigenvalue weighted by molar-refractivity contribution is -0.132. The Labute approximate surface area is 159 Å². The van der Waals surface area contributed by atoms with Gasteiger partial charge in [0.25, 0.3) is 11.9 Å². The van der Waals surface area contributed by atoms with Crippen molar-refractivity contribution in [1.82, 2.24) is 14.6 Å². The fraction of sp³-hybridized carbons (Fsp3) is 0.222. The van der Waals surface area contributed by atoms with Gasteiger partial charge in [0, 0.05) is 17.9 Å².